The zero-order chi connectivity index (χ0) is 19.4. The highest BCUT2D eigenvalue weighted by Crippen LogP contribution is 2.26. The third-order valence-electron chi connectivity index (χ3n) is 3.25. The largest absolute Gasteiger partial charge is 0.444 e. The van der Waals surface area contributed by atoms with Crippen LogP contribution in [0.25, 0.3) is 0 Å². The number of amides is 3. The van der Waals surface area contributed by atoms with Gasteiger partial charge in [-0.05, 0) is 73.8 Å². The SMILES string of the molecule is Cc1cc(Br)c(NC(=O)[C@@H](CC(N)=O)NC(=O)OC(C)(C)C)cc1C. The second-order valence-electron chi connectivity index (χ2n) is 6.77. The van der Waals surface area contributed by atoms with E-state index in [1.807, 2.05) is 19.9 Å². The Hall–Kier alpha value is -2.09. The molecule has 1 aromatic rings. The fourth-order valence-electron chi connectivity index (χ4n) is 1.96. The average molecular weight is 414 g/mol. The van der Waals surface area contributed by atoms with Gasteiger partial charge in [0.05, 0.1) is 12.1 Å². The van der Waals surface area contributed by atoms with E-state index in [9.17, 15) is 14.4 Å². The highest BCUT2D eigenvalue weighted by Gasteiger charge is 2.26. The fraction of sp³-hybridized carbons (Fsp3) is 0.471. The fourth-order valence-corrected chi connectivity index (χ4v) is 2.51. The van der Waals surface area contributed by atoms with E-state index in [0.29, 0.717) is 10.2 Å². The lowest BCUT2D eigenvalue weighted by Crippen LogP contribution is -2.47. The molecule has 4 N–H and O–H groups in total. The second-order valence-corrected chi connectivity index (χ2v) is 7.63. The van der Waals surface area contributed by atoms with Crippen molar-refractivity contribution in [3.63, 3.8) is 0 Å². The number of rotatable bonds is 5. The van der Waals surface area contributed by atoms with Crippen molar-refractivity contribution in [2.45, 2.75) is 52.7 Å². The van der Waals surface area contributed by atoms with E-state index < -0.39 is 29.6 Å². The molecule has 0 heterocycles. The number of benzene rings is 1. The van der Waals surface area contributed by atoms with Crippen molar-refractivity contribution < 1.29 is 19.1 Å². The van der Waals surface area contributed by atoms with Crippen LogP contribution >= 0.6 is 15.9 Å². The predicted octanol–water partition coefficient (Wildman–Crippen LogP) is 2.77. The summed E-state index contributed by atoms with van der Waals surface area (Å²) in [5.41, 5.74) is 7.04. The van der Waals surface area contributed by atoms with Crippen LogP contribution in [0.3, 0.4) is 0 Å². The number of hydrogen-bond donors (Lipinski definition) is 3. The lowest BCUT2D eigenvalue weighted by atomic mass is 10.1. The molecular formula is C17H24BrN3O4. The minimum absolute atomic E-state index is 0.340. The predicted molar refractivity (Wildman–Crippen MR) is 99.2 cm³/mol. The first-order chi connectivity index (χ1) is 11.4. The van der Waals surface area contributed by atoms with Crippen LogP contribution in [-0.2, 0) is 14.3 Å². The molecule has 0 fully saturated rings. The first-order valence-corrected chi connectivity index (χ1v) is 8.54. The number of hydrogen-bond acceptors (Lipinski definition) is 4. The summed E-state index contributed by atoms with van der Waals surface area (Å²) in [6.07, 6.45) is -1.14. The Morgan fingerprint density at radius 3 is 2.28 bits per heavy atom. The Labute approximate surface area is 155 Å². The van der Waals surface area contributed by atoms with E-state index in [1.165, 1.54) is 0 Å². The highest BCUT2D eigenvalue weighted by atomic mass is 79.9. The first kappa shape index (κ1) is 21.0. The third kappa shape index (κ3) is 7.13. The number of nitrogens with one attached hydrogen (secondary N) is 2. The van der Waals surface area contributed by atoms with Crippen molar-refractivity contribution in [2.75, 3.05) is 5.32 Å². The van der Waals surface area contributed by atoms with Gasteiger partial charge in [0.2, 0.25) is 11.8 Å². The number of anilines is 1. The topological polar surface area (TPSA) is 111 Å². The van der Waals surface area contributed by atoms with Crippen LogP contribution in [0.2, 0.25) is 0 Å². The maximum absolute atomic E-state index is 12.5. The van der Waals surface area contributed by atoms with Gasteiger partial charge in [-0.1, -0.05) is 0 Å². The van der Waals surface area contributed by atoms with Gasteiger partial charge in [0, 0.05) is 4.47 Å². The number of aryl methyl sites for hydroxylation is 2. The minimum atomic E-state index is -1.14. The highest BCUT2D eigenvalue weighted by molar-refractivity contribution is 9.10. The molecule has 0 aromatic heterocycles. The van der Waals surface area contributed by atoms with E-state index >= 15 is 0 Å². The van der Waals surface area contributed by atoms with Gasteiger partial charge < -0.3 is 21.1 Å². The number of nitrogens with two attached hydrogens (primary N) is 1. The molecule has 0 aliphatic rings. The summed E-state index contributed by atoms with van der Waals surface area (Å²) >= 11 is 3.38. The number of carbonyl (C=O) groups is 3. The van der Waals surface area contributed by atoms with E-state index in [1.54, 1.807) is 26.8 Å². The van der Waals surface area contributed by atoms with Crippen LogP contribution in [0.5, 0.6) is 0 Å². The average Bonchev–Trinajstić information content (AvgIpc) is 2.41. The summed E-state index contributed by atoms with van der Waals surface area (Å²) in [6, 6.07) is 2.53. The molecule has 7 nitrogen and oxygen atoms in total. The smallest absolute Gasteiger partial charge is 0.408 e. The molecule has 1 rings (SSSR count). The molecule has 0 aliphatic carbocycles. The molecule has 0 spiro atoms. The molecule has 1 aromatic carbocycles. The molecule has 0 aliphatic heterocycles. The van der Waals surface area contributed by atoms with Gasteiger partial charge in [0.1, 0.15) is 11.6 Å². The van der Waals surface area contributed by atoms with E-state index in [2.05, 4.69) is 26.6 Å². The van der Waals surface area contributed by atoms with Crippen molar-refractivity contribution in [1.29, 1.82) is 0 Å². The van der Waals surface area contributed by atoms with Crippen molar-refractivity contribution >= 4 is 39.5 Å². The molecule has 0 unspecified atom stereocenters. The first-order valence-electron chi connectivity index (χ1n) is 7.74. The molecule has 8 heteroatoms. The van der Waals surface area contributed by atoms with Crippen LogP contribution in [0.15, 0.2) is 16.6 Å². The van der Waals surface area contributed by atoms with Gasteiger partial charge in [-0.15, -0.1) is 0 Å². The van der Waals surface area contributed by atoms with Crippen molar-refractivity contribution in [3.05, 3.63) is 27.7 Å². The lowest BCUT2D eigenvalue weighted by Gasteiger charge is -2.23. The molecule has 0 saturated heterocycles. The van der Waals surface area contributed by atoms with Gasteiger partial charge >= 0.3 is 6.09 Å². The van der Waals surface area contributed by atoms with Crippen molar-refractivity contribution in [1.82, 2.24) is 5.32 Å². The maximum Gasteiger partial charge on any atom is 0.408 e. The summed E-state index contributed by atoms with van der Waals surface area (Å²) < 4.78 is 5.81. The summed E-state index contributed by atoms with van der Waals surface area (Å²) in [6.45, 7) is 8.95. The molecule has 0 saturated carbocycles. The Kier molecular flexibility index (Phi) is 6.98. The number of halogens is 1. The summed E-state index contributed by atoms with van der Waals surface area (Å²) in [5.74, 6) is -1.27. The Bertz CT molecular complexity index is 683. The van der Waals surface area contributed by atoms with Crippen LogP contribution in [0.4, 0.5) is 10.5 Å². The number of carbonyl (C=O) groups excluding carboxylic acids is 3. The number of alkyl carbamates (subject to hydrolysis) is 1. The molecule has 138 valence electrons. The zero-order valence-corrected chi connectivity index (χ0v) is 16.6. The molecular weight excluding hydrogens is 390 g/mol. The summed E-state index contributed by atoms with van der Waals surface area (Å²) in [7, 11) is 0. The quantitative estimate of drug-likeness (QED) is 0.688. The molecule has 1 atom stereocenters. The van der Waals surface area contributed by atoms with Crippen molar-refractivity contribution in [3.8, 4) is 0 Å². The summed E-state index contributed by atoms with van der Waals surface area (Å²) in [4.78, 5) is 35.6. The molecule has 25 heavy (non-hydrogen) atoms. The van der Waals surface area contributed by atoms with Crippen LogP contribution in [0.1, 0.15) is 38.3 Å². The van der Waals surface area contributed by atoms with E-state index in [4.69, 9.17) is 10.5 Å². The zero-order valence-electron chi connectivity index (χ0n) is 15.0. The van der Waals surface area contributed by atoms with Crippen molar-refractivity contribution in [2.24, 2.45) is 5.73 Å². The molecule has 0 bridgehead atoms. The van der Waals surface area contributed by atoms with Crippen LogP contribution < -0.4 is 16.4 Å². The van der Waals surface area contributed by atoms with E-state index in [0.717, 1.165) is 11.1 Å². The Morgan fingerprint density at radius 2 is 1.76 bits per heavy atom. The molecule has 3 amide bonds. The number of primary amides is 1. The third-order valence-corrected chi connectivity index (χ3v) is 3.91. The number of ether oxygens (including phenoxy) is 1. The monoisotopic (exact) mass is 413 g/mol. The van der Waals surface area contributed by atoms with E-state index in [-0.39, 0.29) is 6.42 Å². The summed E-state index contributed by atoms with van der Waals surface area (Å²) in [5, 5.41) is 5.07. The lowest BCUT2D eigenvalue weighted by molar-refractivity contribution is -0.124. The Morgan fingerprint density at radius 1 is 1.20 bits per heavy atom. The van der Waals surface area contributed by atoms with Gasteiger partial charge in [0.15, 0.2) is 0 Å². The maximum atomic E-state index is 12.5. The van der Waals surface area contributed by atoms with Crippen LogP contribution in [-0.4, -0.2) is 29.6 Å². The van der Waals surface area contributed by atoms with Gasteiger partial charge in [-0.25, -0.2) is 4.79 Å². The van der Waals surface area contributed by atoms with Crippen LogP contribution in [0, 0.1) is 13.8 Å². The Balaban J connectivity index is 2.92. The van der Waals surface area contributed by atoms with Gasteiger partial charge in [0.25, 0.3) is 0 Å². The minimum Gasteiger partial charge on any atom is -0.444 e. The molecule has 0 radical (unpaired) electrons. The second kappa shape index (κ2) is 8.33. The van der Waals surface area contributed by atoms with Gasteiger partial charge in [-0.2, -0.15) is 0 Å². The van der Waals surface area contributed by atoms with Gasteiger partial charge in [-0.3, -0.25) is 9.59 Å². The normalized spacial score (nSPS) is 12.2. The standard InChI is InChI=1S/C17H24BrN3O4/c1-9-6-11(18)12(7-10(9)2)20-15(23)13(8-14(19)22)21-16(24)25-17(3,4)5/h6-7,13H,8H2,1-5H3,(H2,19,22)(H,20,23)(H,21,24)/t13-/m1/s1.